The molecule has 10 nitrogen and oxygen atoms in total. The monoisotopic (exact) mass is 702 g/mol. The van der Waals surface area contributed by atoms with E-state index in [0.717, 1.165) is 77.0 Å². The van der Waals surface area contributed by atoms with Crippen LogP contribution in [0.2, 0.25) is 0 Å². The highest BCUT2D eigenvalue weighted by Gasteiger charge is 2.50. The molecule has 0 spiro atoms. The van der Waals surface area contributed by atoms with Gasteiger partial charge in [0.1, 0.15) is 12.5 Å². The second-order valence-corrected chi connectivity index (χ2v) is 15.7. The third-order valence-electron chi connectivity index (χ3n) is 13.2. The van der Waals surface area contributed by atoms with Crippen LogP contribution >= 0.6 is 0 Å². The standard InChI is InChI=1S/C40H59BN4O6/c1-48-39-19-13-37(14-20-39,15-21-39)31-9-3-7-29(27-31)35(46)44-33(11-5-25-42)50-41-51-34(12-6-26-43)45-36(47)30-8-4-10-32(28-30)38-16-22-40(49-2,23-17-38)24-18-38/h3-4,7-10,27-28,33-34,41H,5-6,11-26,42-43H2,1-2H3,(H,44,46)(H,45,47). The number of rotatable bonds is 18. The number of nitrogens with one attached hydrogen (secondary N) is 2. The van der Waals surface area contributed by atoms with E-state index in [1.54, 1.807) is 0 Å². The van der Waals surface area contributed by atoms with Gasteiger partial charge in [0.25, 0.3) is 11.8 Å². The van der Waals surface area contributed by atoms with Gasteiger partial charge in [-0.25, -0.2) is 0 Å². The number of carbonyl (C=O) groups excluding carboxylic acids is 2. The number of hydrogen-bond acceptors (Lipinski definition) is 8. The predicted molar refractivity (Wildman–Crippen MR) is 200 cm³/mol. The highest BCUT2D eigenvalue weighted by atomic mass is 16.6. The van der Waals surface area contributed by atoms with Crippen LogP contribution in [0.15, 0.2) is 48.5 Å². The maximum Gasteiger partial charge on any atom is 0.441 e. The van der Waals surface area contributed by atoms with Crippen LogP contribution in [0.4, 0.5) is 0 Å². The molecule has 278 valence electrons. The topological polar surface area (TPSA) is 147 Å². The average molecular weight is 703 g/mol. The summed E-state index contributed by atoms with van der Waals surface area (Å²) >= 11 is 0. The Bertz CT molecular complexity index is 1350. The molecule has 0 heterocycles. The van der Waals surface area contributed by atoms with Crippen LogP contribution in [0.1, 0.15) is 135 Å². The van der Waals surface area contributed by atoms with Gasteiger partial charge in [0.05, 0.1) is 11.2 Å². The molecule has 51 heavy (non-hydrogen) atoms. The molecule has 2 aromatic rings. The molecule has 0 saturated heterocycles. The Morgan fingerprint density at radius 1 is 0.647 bits per heavy atom. The zero-order valence-corrected chi connectivity index (χ0v) is 30.8. The maximum atomic E-state index is 13.6. The van der Waals surface area contributed by atoms with Gasteiger partial charge in [-0.2, -0.15) is 0 Å². The van der Waals surface area contributed by atoms with Gasteiger partial charge in [-0.05, 0) is 162 Å². The van der Waals surface area contributed by atoms with E-state index in [-0.39, 0.29) is 41.5 Å². The molecule has 0 radical (unpaired) electrons. The fraction of sp³-hybridized carbons (Fsp3) is 0.650. The van der Waals surface area contributed by atoms with E-state index < -0.39 is 12.5 Å². The molecule has 6 aliphatic rings. The smallest absolute Gasteiger partial charge is 0.393 e. The highest BCUT2D eigenvalue weighted by Crippen LogP contribution is 2.56. The molecule has 6 saturated carbocycles. The molecule has 2 amide bonds. The fourth-order valence-corrected chi connectivity index (χ4v) is 9.43. The maximum absolute atomic E-state index is 13.6. The summed E-state index contributed by atoms with van der Waals surface area (Å²) in [4.78, 5) is 27.1. The van der Waals surface area contributed by atoms with Crippen molar-refractivity contribution in [2.75, 3.05) is 27.3 Å². The first kappa shape index (κ1) is 37.9. The van der Waals surface area contributed by atoms with Crippen LogP contribution < -0.4 is 22.1 Å². The second-order valence-electron chi connectivity index (χ2n) is 15.7. The third kappa shape index (κ3) is 8.39. The first-order valence-electron chi connectivity index (χ1n) is 19.3. The van der Waals surface area contributed by atoms with Crippen LogP contribution in [0.25, 0.3) is 0 Å². The summed E-state index contributed by atoms with van der Waals surface area (Å²) in [6.45, 7) is 0.945. The number of benzene rings is 2. The van der Waals surface area contributed by atoms with Crippen molar-refractivity contribution in [3.05, 3.63) is 70.8 Å². The predicted octanol–water partition coefficient (Wildman–Crippen LogP) is 5.26. The number of fused-ring (bicyclic) bond motifs is 6. The summed E-state index contributed by atoms with van der Waals surface area (Å²) in [5.41, 5.74) is 15.6. The first-order valence-corrected chi connectivity index (χ1v) is 19.3. The van der Waals surface area contributed by atoms with Crippen LogP contribution in [-0.2, 0) is 29.6 Å². The number of nitrogens with two attached hydrogens (primary N) is 2. The minimum atomic E-state index is -0.598. The summed E-state index contributed by atoms with van der Waals surface area (Å²) in [5, 5.41) is 6.12. The molecule has 2 atom stereocenters. The van der Waals surface area contributed by atoms with Crippen LogP contribution in [0.5, 0.6) is 0 Å². The minimum absolute atomic E-state index is 0.0343. The molecule has 2 unspecified atom stereocenters. The van der Waals surface area contributed by atoms with Gasteiger partial charge in [0, 0.05) is 25.3 Å². The Hall–Kier alpha value is -2.80. The van der Waals surface area contributed by atoms with Crippen molar-refractivity contribution in [1.29, 1.82) is 0 Å². The van der Waals surface area contributed by atoms with Crippen molar-refractivity contribution in [2.45, 2.75) is 137 Å². The SMILES string of the molecule is COC12CCC(c3cccc(C(=O)NC(CCCN)OBOC(CCCN)NC(=O)c4cccc(C56CCC(OC)(CC5)CC6)c4)c3)(CC1)CC2. The fourth-order valence-electron chi connectivity index (χ4n) is 9.43. The number of amides is 2. The molecule has 2 aromatic carbocycles. The highest BCUT2D eigenvalue weighted by molar-refractivity contribution is 6.18. The number of methoxy groups -OCH3 is 2. The third-order valence-corrected chi connectivity index (χ3v) is 13.2. The van der Waals surface area contributed by atoms with Gasteiger partial charge < -0.3 is 40.9 Å². The van der Waals surface area contributed by atoms with E-state index in [4.69, 9.17) is 30.2 Å². The van der Waals surface area contributed by atoms with E-state index in [0.29, 0.717) is 49.9 Å². The van der Waals surface area contributed by atoms with Gasteiger partial charge in [-0.3, -0.25) is 9.59 Å². The Kier molecular flexibility index (Phi) is 12.3. The van der Waals surface area contributed by atoms with Crippen LogP contribution in [0.3, 0.4) is 0 Å². The number of ether oxygens (including phenoxy) is 2. The Morgan fingerprint density at radius 3 is 1.35 bits per heavy atom. The Labute approximate surface area is 304 Å². The van der Waals surface area contributed by atoms with Gasteiger partial charge in [-0.15, -0.1) is 0 Å². The Morgan fingerprint density at radius 2 is 1.02 bits per heavy atom. The molecular weight excluding hydrogens is 643 g/mol. The van der Waals surface area contributed by atoms with Crippen molar-refractivity contribution in [2.24, 2.45) is 11.5 Å². The Balaban J connectivity index is 1.05. The molecule has 0 aliphatic heterocycles. The van der Waals surface area contributed by atoms with E-state index in [1.807, 2.05) is 38.5 Å². The van der Waals surface area contributed by atoms with Crippen molar-refractivity contribution >= 4 is 19.5 Å². The average Bonchev–Trinajstić information content (AvgIpc) is 3.20. The number of hydrogen-bond donors (Lipinski definition) is 4. The van der Waals surface area contributed by atoms with E-state index in [2.05, 4.69) is 34.9 Å². The molecule has 8 rings (SSSR count). The summed E-state index contributed by atoms with van der Waals surface area (Å²) in [6.07, 6.45) is 14.1. The van der Waals surface area contributed by atoms with E-state index >= 15 is 0 Å². The lowest BCUT2D eigenvalue weighted by molar-refractivity contribution is -0.0956. The van der Waals surface area contributed by atoms with Gasteiger partial charge >= 0.3 is 7.69 Å². The van der Waals surface area contributed by atoms with Crippen molar-refractivity contribution in [3.8, 4) is 0 Å². The molecule has 0 aromatic heterocycles. The van der Waals surface area contributed by atoms with Gasteiger partial charge in [0.15, 0.2) is 0 Å². The summed E-state index contributed by atoms with van der Waals surface area (Å²) in [5.74, 6) is -0.381. The summed E-state index contributed by atoms with van der Waals surface area (Å²) in [7, 11) is 3.57. The lowest BCUT2D eigenvalue weighted by Crippen LogP contribution is -2.49. The summed E-state index contributed by atoms with van der Waals surface area (Å²) in [6, 6.07) is 16.1. The molecule has 6 fully saturated rings. The molecule has 6 aliphatic carbocycles. The van der Waals surface area contributed by atoms with E-state index in [1.165, 1.54) is 11.1 Å². The largest absolute Gasteiger partial charge is 0.441 e. The van der Waals surface area contributed by atoms with Crippen LogP contribution in [0, 0.1) is 0 Å². The normalized spacial score (nSPS) is 29.3. The molecule has 4 bridgehead atoms. The molecule has 11 heteroatoms. The lowest BCUT2D eigenvalue weighted by Gasteiger charge is -2.53. The quantitative estimate of drug-likeness (QED) is 0.122. The molecular formula is C40H59BN4O6. The van der Waals surface area contributed by atoms with Crippen molar-refractivity contribution in [3.63, 3.8) is 0 Å². The zero-order valence-electron chi connectivity index (χ0n) is 30.8. The van der Waals surface area contributed by atoms with Gasteiger partial charge in [0.2, 0.25) is 0 Å². The molecule has 6 N–H and O–H groups in total. The van der Waals surface area contributed by atoms with Crippen molar-refractivity contribution < 1.29 is 28.4 Å². The summed E-state index contributed by atoms with van der Waals surface area (Å²) < 4.78 is 24.0. The second kappa shape index (κ2) is 16.5. The van der Waals surface area contributed by atoms with Crippen molar-refractivity contribution in [1.82, 2.24) is 10.6 Å². The number of carbonyl (C=O) groups is 2. The first-order chi connectivity index (χ1) is 24.7. The zero-order chi connectivity index (χ0) is 36.0. The van der Waals surface area contributed by atoms with Crippen LogP contribution in [-0.4, -0.2) is 70.5 Å². The minimum Gasteiger partial charge on any atom is -0.393 e. The van der Waals surface area contributed by atoms with E-state index in [9.17, 15) is 9.59 Å². The lowest BCUT2D eigenvalue weighted by atomic mass is 9.56. The van der Waals surface area contributed by atoms with Gasteiger partial charge in [-0.1, -0.05) is 24.3 Å².